The van der Waals surface area contributed by atoms with E-state index in [2.05, 4.69) is 10.3 Å². The first-order valence-electron chi connectivity index (χ1n) is 8.39. The molecule has 0 bridgehead atoms. The van der Waals surface area contributed by atoms with Gasteiger partial charge in [-0.1, -0.05) is 41.9 Å². The summed E-state index contributed by atoms with van der Waals surface area (Å²) in [6, 6.07) is 16.7. The lowest BCUT2D eigenvalue weighted by Crippen LogP contribution is -2.26. The molecule has 0 radical (unpaired) electrons. The van der Waals surface area contributed by atoms with Crippen LogP contribution >= 0.6 is 11.6 Å². The van der Waals surface area contributed by atoms with Crippen LogP contribution in [0.5, 0.6) is 5.75 Å². The number of hydrogen-bond acceptors (Lipinski definition) is 5. The Kier molecular flexibility index (Phi) is 6.24. The Bertz CT molecular complexity index is 965. The number of methoxy groups -OCH3 is 1. The second kappa shape index (κ2) is 9.01. The summed E-state index contributed by atoms with van der Waals surface area (Å²) in [4.78, 5) is 29.2. The molecule has 0 aliphatic heterocycles. The van der Waals surface area contributed by atoms with Crippen molar-refractivity contribution in [2.45, 2.75) is 6.10 Å². The summed E-state index contributed by atoms with van der Waals surface area (Å²) in [5.74, 6) is -0.641. The van der Waals surface area contributed by atoms with Crippen LogP contribution in [0.1, 0.15) is 22.0 Å². The average Bonchev–Trinajstić information content (AvgIpc) is 2.73. The summed E-state index contributed by atoms with van der Waals surface area (Å²) in [5, 5.41) is 3.07. The van der Waals surface area contributed by atoms with Gasteiger partial charge in [0.05, 0.1) is 17.7 Å². The largest absolute Gasteiger partial charge is 0.495 e. The van der Waals surface area contributed by atoms with Gasteiger partial charge in [-0.05, 0) is 30.3 Å². The van der Waals surface area contributed by atoms with Crippen LogP contribution in [0.2, 0.25) is 5.02 Å². The van der Waals surface area contributed by atoms with Crippen LogP contribution < -0.4 is 10.1 Å². The molecule has 1 amide bonds. The molecule has 0 aliphatic carbocycles. The van der Waals surface area contributed by atoms with E-state index in [1.807, 2.05) is 6.07 Å². The fourth-order valence-electron chi connectivity index (χ4n) is 2.52. The highest BCUT2D eigenvalue weighted by Gasteiger charge is 2.26. The molecule has 142 valence electrons. The van der Waals surface area contributed by atoms with E-state index in [4.69, 9.17) is 21.1 Å². The SMILES string of the molecule is COc1ccc(NC(=O)[C@@H](OC(=O)c2ccncc2)c2ccccc2)cc1Cl. The van der Waals surface area contributed by atoms with Crippen molar-refractivity contribution in [3.63, 3.8) is 0 Å². The van der Waals surface area contributed by atoms with E-state index in [0.29, 0.717) is 27.6 Å². The lowest BCUT2D eigenvalue weighted by atomic mass is 10.1. The molecular weight excluding hydrogens is 380 g/mol. The molecule has 0 saturated heterocycles. The van der Waals surface area contributed by atoms with Crippen LogP contribution in [0.3, 0.4) is 0 Å². The van der Waals surface area contributed by atoms with Crippen LogP contribution in [-0.2, 0) is 9.53 Å². The Hall–Kier alpha value is -3.38. The van der Waals surface area contributed by atoms with Crippen LogP contribution in [0.4, 0.5) is 5.69 Å². The number of nitrogens with one attached hydrogen (secondary N) is 1. The fourth-order valence-corrected chi connectivity index (χ4v) is 2.77. The van der Waals surface area contributed by atoms with Gasteiger partial charge in [-0.25, -0.2) is 4.79 Å². The van der Waals surface area contributed by atoms with Crippen molar-refractivity contribution in [2.75, 3.05) is 12.4 Å². The highest BCUT2D eigenvalue weighted by atomic mass is 35.5. The second-order valence-corrected chi connectivity index (χ2v) is 6.18. The molecule has 1 N–H and O–H groups in total. The summed E-state index contributed by atoms with van der Waals surface area (Å²) in [5.41, 5.74) is 1.30. The van der Waals surface area contributed by atoms with Gasteiger partial charge in [0.1, 0.15) is 5.75 Å². The molecular formula is C21H17ClN2O4. The summed E-state index contributed by atoms with van der Waals surface area (Å²) in [6.07, 6.45) is 1.82. The molecule has 3 aromatic rings. The van der Waals surface area contributed by atoms with Gasteiger partial charge in [-0.3, -0.25) is 9.78 Å². The van der Waals surface area contributed by atoms with Crippen LogP contribution in [0, 0.1) is 0 Å². The zero-order chi connectivity index (χ0) is 19.9. The molecule has 0 aliphatic rings. The maximum Gasteiger partial charge on any atom is 0.339 e. The summed E-state index contributed by atoms with van der Waals surface area (Å²) < 4.78 is 10.6. The number of hydrogen-bond donors (Lipinski definition) is 1. The topological polar surface area (TPSA) is 77.5 Å². The number of rotatable bonds is 6. The molecule has 0 unspecified atom stereocenters. The lowest BCUT2D eigenvalue weighted by Gasteiger charge is -2.18. The zero-order valence-corrected chi connectivity index (χ0v) is 15.7. The van der Waals surface area contributed by atoms with Gasteiger partial charge in [-0.15, -0.1) is 0 Å². The van der Waals surface area contributed by atoms with Crippen molar-refractivity contribution in [2.24, 2.45) is 0 Å². The van der Waals surface area contributed by atoms with Crippen molar-refractivity contribution in [3.05, 3.63) is 89.2 Å². The van der Waals surface area contributed by atoms with E-state index in [9.17, 15) is 9.59 Å². The van der Waals surface area contributed by atoms with Gasteiger partial charge in [0.2, 0.25) is 6.10 Å². The van der Waals surface area contributed by atoms with Crippen LogP contribution in [-0.4, -0.2) is 24.0 Å². The van der Waals surface area contributed by atoms with Crippen LogP contribution in [0.15, 0.2) is 73.1 Å². The number of anilines is 1. The number of halogens is 1. The number of carbonyl (C=O) groups is 2. The lowest BCUT2D eigenvalue weighted by molar-refractivity contribution is -0.125. The Morgan fingerprint density at radius 1 is 1.04 bits per heavy atom. The van der Waals surface area contributed by atoms with Gasteiger partial charge >= 0.3 is 5.97 Å². The number of carbonyl (C=O) groups excluding carboxylic acids is 2. The molecule has 1 heterocycles. The zero-order valence-electron chi connectivity index (χ0n) is 15.0. The van der Waals surface area contributed by atoms with E-state index in [-0.39, 0.29) is 0 Å². The number of aromatic nitrogens is 1. The third kappa shape index (κ3) is 4.66. The molecule has 6 nitrogen and oxygen atoms in total. The normalized spacial score (nSPS) is 11.4. The third-order valence-electron chi connectivity index (χ3n) is 3.90. The summed E-state index contributed by atoms with van der Waals surface area (Å²) >= 11 is 6.11. The first-order valence-corrected chi connectivity index (χ1v) is 8.76. The Morgan fingerprint density at radius 3 is 2.39 bits per heavy atom. The van der Waals surface area contributed by atoms with Crippen molar-refractivity contribution >= 4 is 29.2 Å². The minimum atomic E-state index is -1.14. The molecule has 0 saturated carbocycles. The highest BCUT2D eigenvalue weighted by molar-refractivity contribution is 6.32. The highest BCUT2D eigenvalue weighted by Crippen LogP contribution is 2.28. The van der Waals surface area contributed by atoms with E-state index < -0.39 is 18.0 Å². The smallest absolute Gasteiger partial charge is 0.339 e. The van der Waals surface area contributed by atoms with Gasteiger partial charge < -0.3 is 14.8 Å². The molecule has 3 rings (SSSR count). The number of amides is 1. The molecule has 0 spiro atoms. The van der Waals surface area contributed by atoms with E-state index in [1.165, 1.54) is 31.6 Å². The Morgan fingerprint density at radius 2 is 1.75 bits per heavy atom. The molecule has 1 aromatic heterocycles. The quantitative estimate of drug-likeness (QED) is 0.629. The van der Waals surface area contributed by atoms with Crippen molar-refractivity contribution in [1.82, 2.24) is 4.98 Å². The van der Waals surface area contributed by atoms with Gasteiger partial charge in [-0.2, -0.15) is 0 Å². The number of pyridine rings is 1. The third-order valence-corrected chi connectivity index (χ3v) is 4.20. The van der Waals surface area contributed by atoms with Crippen molar-refractivity contribution in [3.8, 4) is 5.75 Å². The first-order chi connectivity index (χ1) is 13.6. The van der Waals surface area contributed by atoms with E-state index in [1.54, 1.807) is 42.5 Å². The molecule has 0 fully saturated rings. The minimum absolute atomic E-state index is 0.302. The molecule has 7 heteroatoms. The first kappa shape index (κ1) is 19.4. The monoisotopic (exact) mass is 396 g/mol. The maximum atomic E-state index is 12.9. The van der Waals surface area contributed by atoms with Crippen molar-refractivity contribution in [1.29, 1.82) is 0 Å². The van der Waals surface area contributed by atoms with Gasteiger partial charge in [0.15, 0.2) is 0 Å². The van der Waals surface area contributed by atoms with Crippen LogP contribution in [0.25, 0.3) is 0 Å². The van der Waals surface area contributed by atoms with Gasteiger partial charge in [0.25, 0.3) is 5.91 Å². The fraction of sp³-hybridized carbons (Fsp3) is 0.0952. The number of nitrogens with zero attached hydrogens (tertiary/aromatic N) is 1. The summed E-state index contributed by atoms with van der Waals surface area (Å²) in [6.45, 7) is 0. The maximum absolute atomic E-state index is 12.9. The van der Waals surface area contributed by atoms with E-state index >= 15 is 0 Å². The van der Waals surface area contributed by atoms with Crippen molar-refractivity contribution < 1.29 is 19.1 Å². The predicted molar refractivity (Wildman–Crippen MR) is 105 cm³/mol. The Labute approximate surface area is 167 Å². The predicted octanol–water partition coefficient (Wildman–Crippen LogP) is 4.28. The molecule has 28 heavy (non-hydrogen) atoms. The number of benzene rings is 2. The average molecular weight is 397 g/mol. The van der Waals surface area contributed by atoms with E-state index in [0.717, 1.165) is 0 Å². The Balaban J connectivity index is 1.83. The summed E-state index contributed by atoms with van der Waals surface area (Å²) in [7, 11) is 1.50. The number of esters is 1. The molecule has 2 aromatic carbocycles. The second-order valence-electron chi connectivity index (χ2n) is 5.77. The minimum Gasteiger partial charge on any atom is -0.495 e. The van der Waals surface area contributed by atoms with Gasteiger partial charge in [0, 0.05) is 23.6 Å². The molecule has 1 atom stereocenters. The standard InChI is InChI=1S/C21H17ClN2O4/c1-27-18-8-7-16(13-17(18)22)24-20(25)19(14-5-3-2-4-6-14)28-21(26)15-9-11-23-12-10-15/h2-13,19H,1H3,(H,24,25)/t19-/m0/s1. The number of ether oxygens (including phenoxy) is 2.